The molecule has 0 unspecified atom stereocenters. The summed E-state index contributed by atoms with van der Waals surface area (Å²) in [6.07, 6.45) is 1.41. The molecule has 0 saturated carbocycles. The highest BCUT2D eigenvalue weighted by Gasteiger charge is 2.21. The minimum atomic E-state index is -3.83. The molecule has 1 amide bonds. The fourth-order valence-electron chi connectivity index (χ4n) is 1.99. The predicted octanol–water partition coefficient (Wildman–Crippen LogP) is 1.32. The summed E-state index contributed by atoms with van der Waals surface area (Å²) in [6, 6.07) is 4.51. The molecular formula is C15H25ClN4O5S. The predicted molar refractivity (Wildman–Crippen MR) is 101 cm³/mol. The molecule has 11 heteroatoms. The Morgan fingerprint density at radius 1 is 1.23 bits per heavy atom. The lowest BCUT2D eigenvalue weighted by Gasteiger charge is -2.26. The second-order valence-electron chi connectivity index (χ2n) is 5.74. The van der Waals surface area contributed by atoms with Gasteiger partial charge >= 0.3 is 0 Å². The highest BCUT2D eigenvalue weighted by Crippen LogP contribution is 2.15. The highest BCUT2D eigenvalue weighted by atomic mass is 35.5. The molecule has 26 heavy (non-hydrogen) atoms. The van der Waals surface area contributed by atoms with Crippen molar-refractivity contribution in [1.82, 2.24) is 10.0 Å². The van der Waals surface area contributed by atoms with E-state index in [1.807, 2.05) is 13.8 Å². The molecule has 0 aliphatic carbocycles. The number of nitrogens with zero attached hydrogens (tertiary/aromatic N) is 1. The molecule has 0 aliphatic heterocycles. The second-order valence-corrected chi connectivity index (χ2v) is 7.51. The number of nitro groups is 1. The number of hydrogen-bond acceptors (Lipinski definition) is 6. The van der Waals surface area contributed by atoms with Gasteiger partial charge in [0.2, 0.25) is 15.9 Å². The molecule has 1 aromatic carbocycles. The van der Waals surface area contributed by atoms with Crippen LogP contribution in [0.3, 0.4) is 0 Å². The van der Waals surface area contributed by atoms with Crippen molar-refractivity contribution in [3.8, 4) is 0 Å². The van der Waals surface area contributed by atoms with Gasteiger partial charge in [-0.05, 0) is 25.0 Å². The summed E-state index contributed by atoms with van der Waals surface area (Å²) >= 11 is 0. The lowest BCUT2D eigenvalue weighted by Crippen LogP contribution is -2.49. The number of carbonyl (C=O) groups excluding carboxylic acids is 1. The maximum atomic E-state index is 12.1. The number of non-ortho nitro benzene ring substituents is 1. The molecule has 0 fully saturated rings. The maximum Gasteiger partial charge on any atom is 0.269 e. The Kier molecular flexibility index (Phi) is 9.71. The molecule has 0 aliphatic rings. The van der Waals surface area contributed by atoms with Gasteiger partial charge in [0.1, 0.15) is 0 Å². The average Bonchev–Trinajstić information content (AvgIpc) is 2.59. The molecule has 1 rings (SSSR count). The Labute approximate surface area is 159 Å². The maximum absolute atomic E-state index is 12.1. The Morgan fingerprint density at radius 3 is 2.23 bits per heavy atom. The van der Waals surface area contributed by atoms with Crippen LogP contribution in [0.25, 0.3) is 0 Å². The zero-order valence-electron chi connectivity index (χ0n) is 14.7. The fraction of sp³-hybridized carbons (Fsp3) is 0.533. The molecule has 0 spiro atoms. The third-order valence-corrected chi connectivity index (χ3v) is 5.52. The number of nitrogens with two attached hydrogens (primary N) is 1. The van der Waals surface area contributed by atoms with Crippen LogP contribution in [-0.2, 0) is 14.8 Å². The molecule has 0 saturated heterocycles. The van der Waals surface area contributed by atoms with Crippen LogP contribution in [0.2, 0.25) is 0 Å². The number of carbonyl (C=O) groups is 1. The summed E-state index contributed by atoms with van der Waals surface area (Å²) in [5, 5.41) is 13.3. The second kappa shape index (κ2) is 10.4. The molecule has 0 bridgehead atoms. The lowest BCUT2D eigenvalue weighted by atomic mass is 9.94. The summed E-state index contributed by atoms with van der Waals surface area (Å²) in [6.45, 7) is 4.12. The van der Waals surface area contributed by atoms with Crippen molar-refractivity contribution in [2.24, 2.45) is 5.73 Å². The van der Waals surface area contributed by atoms with Crippen LogP contribution >= 0.6 is 12.4 Å². The average molecular weight is 409 g/mol. The summed E-state index contributed by atoms with van der Waals surface area (Å²) < 4.78 is 26.4. The lowest BCUT2D eigenvalue weighted by molar-refractivity contribution is -0.384. The van der Waals surface area contributed by atoms with Gasteiger partial charge in [0.25, 0.3) is 5.69 Å². The number of hydrogen-bond donors (Lipinski definition) is 3. The van der Waals surface area contributed by atoms with E-state index in [2.05, 4.69) is 10.0 Å². The first-order valence-corrected chi connectivity index (χ1v) is 9.41. The Morgan fingerprint density at radius 2 is 1.77 bits per heavy atom. The summed E-state index contributed by atoms with van der Waals surface area (Å²) in [5.74, 6) is -0.303. The Bertz CT molecular complexity index is 705. The van der Waals surface area contributed by atoms with Gasteiger partial charge < -0.3 is 11.1 Å². The van der Waals surface area contributed by atoms with Crippen molar-refractivity contribution in [2.45, 2.75) is 43.5 Å². The van der Waals surface area contributed by atoms with E-state index in [1.165, 1.54) is 0 Å². The number of benzene rings is 1. The quantitative estimate of drug-likeness (QED) is 0.393. The first kappa shape index (κ1) is 24.2. The number of sulfonamides is 1. The number of nitrogens with one attached hydrogen (secondary N) is 2. The topological polar surface area (TPSA) is 144 Å². The monoisotopic (exact) mass is 408 g/mol. The van der Waals surface area contributed by atoms with Crippen LogP contribution in [0.4, 0.5) is 5.69 Å². The van der Waals surface area contributed by atoms with Gasteiger partial charge in [0, 0.05) is 37.2 Å². The standard InChI is InChI=1S/C15H24N4O5S.ClH/c1-3-15(16,4-2)11-17-14(20)9-10-18-25(23,24)13-7-5-12(6-8-13)19(21)22;/h5-8,18H,3-4,9-11,16H2,1-2H3,(H,17,20);1H. The van der Waals surface area contributed by atoms with E-state index in [4.69, 9.17) is 5.73 Å². The van der Waals surface area contributed by atoms with Crippen molar-refractivity contribution < 1.29 is 18.1 Å². The van der Waals surface area contributed by atoms with E-state index < -0.39 is 20.5 Å². The van der Waals surface area contributed by atoms with Crippen LogP contribution in [0.5, 0.6) is 0 Å². The van der Waals surface area contributed by atoms with Gasteiger partial charge in [-0.25, -0.2) is 13.1 Å². The van der Waals surface area contributed by atoms with Crippen molar-refractivity contribution >= 4 is 34.0 Å². The van der Waals surface area contributed by atoms with E-state index in [0.29, 0.717) is 6.54 Å². The van der Waals surface area contributed by atoms with E-state index in [9.17, 15) is 23.3 Å². The first-order valence-electron chi connectivity index (χ1n) is 7.93. The van der Waals surface area contributed by atoms with Crippen molar-refractivity contribution in [2.75, 3.05) is 13.1 Å². The Balaban J connectivity index is 0.00000625. The normalized spacial score (nSPS) is 11.5. The zero-order valence-corrected chi connectivity index (χ0v) is 16.4. The zero-order chi connectivity index (χ0) is 19.1. The fourth-order valence-corrected chi connectivity index (χ4v) is 3.02. The number of nitro benzene ring substituents is 1. The van der Waals surface area contributed by atoms with Crippen LogP contribution in [0, 0.1) is 10.1 Å². The number of rotatable bonds is 10. The summed E-state index contributed by atoms with van der Waals surface area (Å²) in [5.41, 5.74) is 5.42. The van der Waals surface area contributed by atoms with Gasteiger partial charge in [0.15, 0.2) is 0 Å². The molecule has 0 heterocycles. The van der Waals surface area contributed by atoms with Gasteiger partial charge in [0.05, 0.1) is 9.82 Å². The Hall–Kier alpha value is -1.75. The SMILES string of the molecule is CCC(N)(CC)CNC(=O)CCNS(=O)(=O)c1ccc([N+](=O)[O-])cc1.Cl. The van der Waals surface area contributed by atoms with Gasteiger partial charge in [-0.3, -0.25) is 14.9 Å². The largest absolute Gasteiger partial charge is 0.354 e. The van der Waals surface area contributed by atoms with E-state index >= 15 is 0 Å². The molecule has 9 nitrogen and oxygen atoms in total. The van der Waals surface area contributed by atoms with Crippen molar-refractivity contribution in [3.05, 3.63) is 34.4 Å². The van der Waals surface area contributed by atoms with E-state index in [0.717, 1.165) is 37.1 Å². The third kappa shape index (κ3) is 7.24. The number of halogens is 1. The van der Waals surface area contributed by atoms with Crippen molar-refractivity contribution in [3.63, 3.8) is 0 Å². The molecule has 0 radical (unpaired) electrons. The smallest absolute Gasteiger partial charge is 0.269 e. The summed E-state index contributed by atoms with van der Waals surface area (Å²) in [4.78, 5) is 21.6. The van der Waals surface area contributed by atoms with Crippen molar-refractivity contribution in [1.29, 1.82) is 0 Å². The van der Waals surface area contributed by atoms with Crippen LogP contribution in [0.15, 0.2) is 29.2 Å². The molecule has 148 valence electrons. The van der Waals surface area contributed by atoms with Crippen LogP contribution < -0.4 is 15.8 Å². The molecule has 4 N–H and O–H groups in total. The summed E-state index contributed by atoms with van der Waals surface area (Å²) in [7, 11) is -3.83. The minimum absolute atomic E-state index is 0. The molecule has 1 aromatic rings. The van der Waals surface area contributed by atoms with Gasteiger partial charge in [-0.2, -0.15) is 0 Å². The molecular weight excluding hydrogens is 384 g/mol. The van der Waals surface area contributed by atoms with Crippen LogP contribution in [-0.4, -0.2) is 37.9 Å². The molecule has 0 aromatic heterocycles. The highest BCUT2D eigenvalue weighted by molar-refractivity contribution is 7.89. The number of amides is 1. The minimum Gasteiger partial charge on any atom is -0.354 e. The molecule has 0 atom stereocenters. The van der Waals surface area contributed by atoms with Gasteiger partial charge in [-0.15, -0.1) is 12.4 Å². The first-order chi connectivity index (χ1) is 11.6. The van der Waals surface area contributed by atoms with Gasteiger partial charge in [-0.1, -0.05) is 13.8 Å². The van der Waals surface area contributed by atoms with E-state index in [1.54, 1.807) is 0 Å². The van der Waals surface area contributed by atoms with E-state index in [-0.39, 0.29) is 41.9 Å². The van der Waals surface area contributed by atoms with Crippen LogP contribution in [0.1, 0.15) is 33.1 Å². The third-order valence-electron chi connectivity index (χ3n) is 4.05.